The van der Waals surface area contributed by atoms with E-state index in [0.29, 0.717) is 55.2 Å². The number of carbonyl (C=O) groups excluding carboxylic acids is 1. The molecule has 0 radical (unpaired) electrons. The van der Waals surface area contributed by atoms with Crippen LogP contribution in [-0.2, 0) is 26.1 Å². The number of sulfonamides is 1. The summed E-state index contributed by atoms with van der Waals surface area (Å²) in [4.78, 5) is 11.9. The molecule has 1 N–H and O–H groups in total. The van der Waals surface area contributed by atoms with Gasteiger partial charge in [-0.15, -0.1) is 10.2 Å². The van der Waals surface area contributed by atoms with Gasteiger partial charge in [0.2, 0.25) is 15.9 Å². The molecule has 12 heteroatoms. The summed E-state index contributed by atoms with van der Waals surface area (Å²) in [5.74, 6) is 1.21. The van der Waals surface area contributed by atoms with Crippen LogP contribution in [-0.4, -0.2) is 72.5 Å². The fourth-order valence-corrected chi connectivity index (χ4v) is 5.51. The van der Waals surface area contributed by atoms with Crippen molar-refractivity contribution in [2.24, 2.45) is 0 Å². The van der Waals surface area contributed by atoms with E-state index in [0.717, 1.165) is 0 Å². The van der Waals surface area contributed by atoms with Crippen LogP contribution in [0, 0.1) is 0 Å². The molecule has 0 unspecified atom stereocenters. The summed E-state index contributed by atoms with van der Waals surface area (Å²) in [5.41, 5.74) is 0.602. The fraction of sp³-hybridized carbons (Fsp3) is 0.350. The molecule has 1 aliphatic rings. The van der Waals surface area contributed by atoms with Crippen molar-refractivity contribution >= 4 is 27.7 Å². The van der Waals surface area contributed by atoms with Crippen molar-refractivity contribution in [3.63, 3.8) is 0 Å². The van der Waals surface area contributed by atoms with E-state index in [-0.39, 0.29) is 16.6 Å². The Kier molecular flexibility index (Phi) is 6.94. The Hall–Kier alpha value is -2.67. The molecule has 170 valence electrons. The molecule has 32 heavy (non-hydrogen) atoms. The fourth-order valence-electron chi connectivity index (χ4n) is 3.24. The van der Waals surface area contributed by atoms with Gasteiger partial charge >= 0.3 is 0 Å². The van der Waals surface area contributed by atoms with Crippen LogP contribution in [0.2, 0.25) is 0 Å². The minimum absolute atomic E-state index is 0.136. The van der Waals surface area contributed by atoms with Crippen LogP contribution in [0.4, 0.5) is 0 Å². The lowest BCUT2D eigenvalue weighted by atomic mass is 10.2. The maximum absolute atomic E-state index is 13.1. The van der Waals surface area contributed by atoms with Crippen LogP contribution in [0.1, 0.15) is 5.76 Å². The van der Waals surface area contributed by atoms with E-state index in [1.54, 1.807) is 43.6 Å². The molecular weight excluding hydrogens is 454 g/mol. The summed E-state index contributed by atoms with van der Waals surface area (Å²) in [7, 11) is -2.08. The lowest BCUT2D eigenvalue weighted by Crippen LogP contribution is -2.40. The van der Waals surface area contributed by atoms with Gasteiger partial charge in [-0.3, -0.25) is 9.36 Å². The summed E-state index contributed by atoms with van der Waals surface area (Å²) in [5, 5.41) is 11.6. The zero-order valence-electron chi connectivity index (χ0n) is 17.4. The highest BCUT2D eigenvalue weighted by atomic mass is 32.2. The largest absolute Gasteiger partial charge is 0.467 e. The van der Waals surface area contributed by atoms with Crippen molar-refractivity contribution < 1.29 is 22.4 Å². The second-order valence-electron chi connectivity index (χ2n) is 6.98. The number of nitrogens with one attached hydrogen (secondary N) is 1. The van der Waals surface area contributed by atoms with E-state index in [4.69, 9.17) is 9.15 Å². The van der Waals surface area contributed by atoms with E-state index in [1.165, 1.54) is 16.1 Å². The summed E-state index contributed by atoms with van der Waals surface area (Å²) in [6.07, 6.45) is 1.58. The van der Waals surface area contributed by atoms with Crippen LogP contribution in [0.3, 0.4) is 0 Å². The standard InChI is InChI=1S/C20H23N5O5S2/c1-21-18(26)14-31-20-23-22-19(25(20)13-16-5-3-9-30-16)15-4-2-6-17(12-15)32(27,28)24-7-10-29-11-8-24/h2-6,9,12H,7-8,10-11,13-14H2,1H3,(H,21,26). The summed E-state index contributed by atoms with van der Waals surface area (Å²) < 4.78 is 40.2. The van der Waals surface area contributed by atoms with Crippen LogP contribution in [0.5, 0.6) is 0 Å². The first kappa shape index (κ1) is 22.5. The molecule has 1 aliphatic heterocycles. The van der Waals surface area contributed by atoms with Gasteiger partial charge in [0.15, 0.2) is 11.0 Å². The molecule has 1 saturated heterocycles. The molecule has 0 atom stereocenters. The second-order valence-corrected chi connectivity index (χ2v) is 9.86. The summed E-state index contributed by atoms with van der Waals surface area (Å²) in [6.45, 7) is 1.74. The topological polar surface area (TPSA) is 120 Å². The van der Waals surface area contributed by atoms with Gasteiger partial charge in [-0.05, 0) is 24.3 Å². The molecule has 0 aliphatic carbocycles. The van der Waals surface area contributed by atoms with Gasteiger partial charge in [0.1, 0.15) is 5.76 Å². The zero-order chi connectivity index (χ0) is 22.6. The van der Waals surface area contributed by atoms with Crippen molar-refractivity contribution in [3.05, 3.63) is 48.4 Å². The molecule has 1 fully saturated rings. The van der Waals surface area contributed by atoms with Crippen LogP contribution < -0.4 is 5.32 Å². The Labute approximate surface area is 190 Å². The molecule has 2 aromatic heterocycles. The normalized spacial score (nSPS) is 15.0. The number of amides is 1. The zero-order valence-corrected chi connectivity index (χ0v) is 19.1. The lowest BCUT2D eigenvalue weighted by Gasteiger charge is -2.26. The molecule has 1 aromatic carbocycles. The van der Waals surface area contributed by atoms with Gasteiger partial charge in [0.25, 0.3) is 0 Å². The number of furan rings is 1. The van der Waals surface area contributed by atoms with E-state index < -0.39 is 10.0 Å². The number of hydrogen-bond acceptors (Lipinski definition) is 8. The van der Waals surface area contributed by atoms with Gasteiger partial charge in [-0.2, -0.15) is 4.31 Å². The van der Waals surface area contributed by atoms with Crippen LogP contribution >= 0.6 is 11.8 Å². The Morgan fingerprint density at radius 3 is 2.72 bits per heavy atom. The summed E-state index contributed by atoms with van der Waals surface area (Å²) in [6, 6.07) is 10.3. The molecular formula is C20H23N5O5S2. The van der Waals surface area contributed by atoms with E-state index in [1.807, 2.05) is 10.6 Å². The first-order valence-electron chi connectivity index (χ1n) is 9.96. The Balaban J connectivity index is 1.69. The molecule has 3 aromatic rings. The maximum Gasteiger partial charge on any atom is 0.243 e. The SMILES string of the molecule is CNC(=O)CSc1nnc(-c2cccc(S(=O)(=O)N3CCOCC3)c2)n1Cc1ccco1. The molecule has 0 spiro atoms. The molecule has 3 heterocycles. The highest BCUT2D eigenvalue weighted by molar-refractivity contribution is 7.99. The highest BCUT2D eigenvalue weighted by Crippen LogP contribution is 2.28. The molecule has 10 nitrogen and oxygen atoms in total. The number of morpholine rings is 1. The number of nitrogens with zero attached hydrogens (tertiary/aromatic N) is 4. The monoisotopic (exact) mass is 477 g/mol. The predicted molar refractivity (Wildman–Crippen MR) is 118 cm³/mol. The number of rotatable bonds is 8. The first-order chi connectivity index (χ1) is 15.5. The minimum Gasteiger partial charge on any atom is -0.467 e. The van der Waals surface area contributed by atoms with Crippen molar-refractivity contribution in [2.45, 2.75) is 16.6 Å². The third kappa shape index (κ3) is 4.88. The third-order valence-corrected chi connectivity index (χ3v) is 7.78. The molecule has 0 saturated carbocycles. The molecule has 1 amide bonds. The van der Waals surface area contributed by atoms with E-state index in [2.05, 4.69) is 15.5 Å². The number of aromatic nitrogens is 3. The van der Waals surface area contributed by atoms with Gasteiger partial charge in [-0.25, -0.2) is 8.42 Å². The number of benzene rings is 1. The van der Waals surface area contributed by atoms with Crippen molar-refractivity contribution in [2.75, 3.05) is 39.1 Å². The van der Waals surface area contributed by atoms with E-state index >= 15 is 0 Å². The Morgan fingerprint density at radius 1 is 1.19 bits per heavy atom. The number of carbonyl (C=O) groups is 1. The Bertz CT molecular complexity index is 1170. The third-order valence-electron chi connectivity index (χ3n) is 4.92. The van der Waals surface area contributed by atoms with Crippen LogP contribution in [0.25, 0.3) is 11.4 Å². The smallest absolute Gasteiger partial charge is 0.243 e. The van der Waals surface area contributed by atoms with Crippen molar-refractivity contribution in [3.8, 4) is 11.4 Å². The average Bonchev–Trinajstić information content (AvgIpc) is 3.48. The number of thioether (sulfide) groups is 1. The Morgan fingerprint density at radius 2 is 2.00 bits per heavy atom. The second kappa shape index (κ2) is 9.86. The van der Waals surface area contributed by atoms with Crippen molar-refractivity contribution in [1.29, 1.82) is 0 Å². The van der Waals surface area contributed by atoms with Gasteiger partial charge in [0.05, 0.1) is 36.7 Å². The number of ether oxygens (including phenoxy) is 1. The minimum atomic E-state index is -3.65. The average molecular weight is 478 g/mol. The van der Waals surface area contributed by atoms with Gasteiger partial charge in [0, 0.05) is 25.7 Å². The number of hydrogen-bond donors (Lipinski definition) is 1. The lowest BCUT2D eigenvalue weighted by molar-refractivity contribution is -0.118. The van der Waals surface area contributed by atoms with Crippen LogP contribution in [0.15, 0.2) is 57.1 Å². The first-order valence-corrected chi connectivity index (χ1v) is 12.4. The molecule has 4 rings (SSSR count). The maximum atomic E-state index is 13.1. The predicted octanol–water partition coefficient (Wildman–Crippen LogP) is 1.45. The quantitative estimate of drug-likeness (QED) is 0.484. The van der Waals surface area contributed by atoms with Crippen molar-refractivity contribution in [1.82, 2.24) is 24.4 Å². The summed E-state index contributed by atoms with van der Waals surface area (Å²) >= 11 is 1.24. The van der Waals surface area contributed by atoms with Gasteiger partial charge in [-0.1, -0.05) is 23.9 Å². The van der Waals surface area contributed by atoms with E-state index in [9.17, 15) is 13.2 Å². The van der Waals surface area contributed by atoms with Gasteiger partial charge < -0.3 is 14.5 Å². The highest BCUT2D eigenvalue weighted by Gasteiger charge is 2.27. The molecule has 0 bridgehead atoms.